The molecule has 0 saturated carbocycles. The Morgan fingerprint density at radius 3 is 2.50 bits per heavy atom. The van der Waals surface area contributed by atoms with Crippen LogP contribution in [0, 0.1) is 6.92 Å². The van der Waals surface area contributed by atoms with Crippen molar-refractivity contribution in [2.75, 3.05) is 6.61 Å². The van der Waals surface area contributed by atoms with E-state index < -0.39 is 0 Å². The van der Waals surface area contributed by atoms with Gasteiger partial charge in [-0.05, 0) is 36.5 Å². The van der Waals surface area contributed by atoms with Gasteiger partial charge in [-0.15, -0.1) is 0 Å². The number of hydrogen-bond donors (Lipinski definition) is 0. The van der Waals surface area contributed by atoms with Crippen LogP contribution in [-0.4, -0.2) is 6.61 Å². The maximum Gasteiger partial charge on any atom is 0.122 e. The molecule has 0 aliphatic rings. The third-order valence-electron chi connectivity index (χ3n) is 2.33. The molecule has 0 radical (unpaired) electrons. The fourth-order valence-corrected chi connectivity index (χ4v) is 1.41. The fourth-order valence-electron chi connectivity index (χ4n) is 1.41. The molecule has 0 aliphatic heterocycles. The van der Waals surface area contributed by atoms with Crippen LogP contribution in [0.1, 0.15) is 44.2 Å². The summed E-state index contributed by atoms with van der Waals surface area (Å²) in [6, 6.07) is 6.46. The van der Waals surface area contributed by atoms with Gasteiger partial charge in [0.2, 0.25) is 0 Å². The van der Waals surface area contributed by atoms with E-state index in [4.69, 9.17) is 4.74 Å². The van der Waals surface area contributed by atoms with Crippen molar-refractivity contribution >= 4 is 0 Å². The zero-order chi connectivity index (χ0) is 10.6. The minimum atomic E-state index is 0.592. The van der Waals surface area contributed by atoms with Gasteiger partial charge in [0, 0.05) is 0 Å². The van der Waals surface area contributed by atoms with Gasteiger partial charge in [0.25, 0.3) is 0 Å². The first kappa shape index (κ1) is 11.1. The Morgan fingerprint density at radius 1 is 1.29 bits per heavy atom. The molecule has 0 heterocycles. The van der Waals surface area contributed by atoms with Crippen molar-refractivity contribution in [3.05, 3.63) is 29.3 Å². The molecule has 0 amide bonds. The van der Waals surface area contributed by atoms with E-state index in [1.807, 2.05) is 0 Å². The fraction of sp³-hybridized carbons (Fsp3) is 0.538. The zero-order valence-corrected chi connectivity index (χ0v) is 9.63. The van der Waals surface area contributed by atoms with E-state index in [9.17, 15) is 0 Å². The highest BCUT2D eigenvalue weighted by molar-refractivity contribution is 5.37. The molecular formula is C13H20O. The van der Waals surface area contributed by atoms with Crippen LogP contribution in [0.15, 0.2) is 18.2 Å². The molecule has 1 nitrogen and oxygen atoms in total. The van der Waals surface area contributed by atoms with Crippen molar-refractivity contribution < 1.29 is 4.74 Å². The summed E-state index contributed by atoms with van der Waals surface area (Å²) in [7, 11) is 0. The summed E-state index contributed by atoms with van der Waals surface area (Å²) in [5, 5.41) is 0. The first-order chi connectivity index (χ1) is 6.65. The monoisotopic (exact) mass is 192 g/mol. The van der Waals surface area contributed by atoms with E-state index in [2.05, 4.69) is 45.9 Å². The number of rotatable bonds is 4. The van der Waals surface area contributed by atoms with Gasteiger partial charge < -0.3 is 4.74 Å². The largest absolute Gasteiger partial charge is 0.493 e. The SMILES string of the molecule is CCCOc1ccc(C(C)C)cc1C. The van der Waals surface area contributed by atoms with Gasteiger partial charge in [-0.2, -0.15) is 0 Å². The van der Waals surface area contributed by atoms with Crippen LogP contribution in [0.25, 0.3) is 0 Å². The smallest absolute Gasteiger partial charge is 0.122 e. The summed E-state index contributed by atoms with van der Waals surface area (Å²) < 4.78 is 5.62. The Labute approximate surface area is 87.1 Å². The van der Waals surface area contributed by atoms with Gasteiger partial charge in [-0.3, -0.25) is 0 Å². The predicted octanol–water partition coefficient (Wildman–Crippen LogP) is 3.91. The summed E-state index contributed by atoms with van der Waals surface area (Å²) in [5.74, 6) is 1.62. The van der Waals surface area contributed by atoms with Crippen LogP contribution < -0.4 is 4.74 Å². The molecule has 1 aromatic carbocycles. The Hall–Kier alpha value is -0.980. The Bertz CT molecular complexity index is 289. The highest BCUT2D eigenvalue weighted by Crippen LogP contribution is 2.23. The molecule has 78 valence electrons. The molecule has 0 aliphatic carbocycles. The average molecular weight is 192 g/mol. The molecule has 1 rings (SSSR count). The maximum absolute atomic E-state index is 5.62. The number of benzene rings is 1. The molecule has 0 atom stereocenters. The third-order valence-corrected chi connectivity index (χ3v) is 2.33. The maximum atomic E-state index is 5.62. The van der Waals surface area contributed by atoms with Crippen molar-refractivity contribution in [1.29, 1.82) is 0 Å². The van der Waals surface area contributed by atoms with Gasteiger partial charge in [0.15, 0.2) is 0 Å². The molecule has 0 unspecified atom stereocenters. The Kier molecular flexibility index (Phi) is 3.99. The lowest BCUT2D eigenvalue weighted by atomic mass is 10.0. The zero-order valence-electron chi connectivity index (χ0n) is 9.63. The molecule has 0 N–H and O–H groups in total. The van der Waals surface area contributed by atoms with Crippen LogP contribution in [0.2, 0.25) is 0 Å². The van der Waals surface area contributed by atoms with Crippen molar-refractivity contribution in [2.45, 2.75) is 40.0 Å². The normalized spacial score (nSPS) is 10.6. The minimum absolute atomic E-state index is 0.592. The summed E-state index contributed by atoms with van der Waals surface area (Å²) in [5.41, 5.74) is 2.62. The van der Waals surface area contributed by atoms with E-state index in [1.54, 1.807) is 0 Å². The molecule has 0 spiro atoms. The summed E-state index contributed by atoms with van der Waals surface area (Å²) >= 11 is 0. The van der Waals surface area contributed by atoms with Crippen molar-refractivity contribution in [2.24, 2.45) is 0 Å². The lowest BCUT2D eigenvalue weighted by molar-refractivity contribution is 0.315. The highest BCUT2D eigenvalue weighted by Gasteiger charge is 2.03. The van der Waals surface area contributed by atoms with Crippen LogP contribution in [0.4, 0.5) is 0 Å². The second-order valence-corrected chi connectivity index (χ2v) is 4.03. The third kappa shape index (κ3) is 2.76. The number of ether oxygens (including phenoxy) is 1. The van der Waals surface area contributed by atoms with Crippen molar-refractivity contribution in [3.8, 4) is 5.75 Å². The van der Waals surface area contributed by atoms with Gasteiger partial charge in [0.1, 0.15) is 5.75 Å². The molecule has 0 bridgehead atoms. The van der Waals surface area contributed by atoms with Crippen LogP contribution in [0.5, 0.6) is 5.75 Å². The van der Waals surface area contributed by atoms with Crippen LogP contribution in [0.3, 0.4) is 0 Å². The minimum Gasteiger partial charge on any atom is -0.493 e. The van der Waals surface area contributed by atoms with Gasteiger partial charge in [0.05, 0.1) is 6.61 Å². The lowest BCUT2D eigenvalue weighted by Crippen LogP contribution is -1.98. The lowest BCUT2D eigenvalue weighted by Gasteiger charge is -2.11. The Balaban J connectivity index is 2.79. The predicted molar refractivity (Wildman–Crippen MR) is 61.1 cm³/mol. The number of aryl methyl sites for hydroxylation is 1. The molecule has 0 fully saturated rings. The standard InChI is InChI=1S/C13H20O/c1-5-8-14-13-7-6-12(10(2)3)9-11(13)4/h6-7,9-10H,5,8H2,1-4H3. The van der Waals surface area contributed by atoms with E-state index in [-0.39, 0.29) is 0 Å². The van der Waals surface area contributed by atoms with Crippen molar-refractivity contribution in [1.82, 2.24) is 0 Å². The van der Waals surface area contributed by atoms with Gasteiger partial charge >= 0.3 is 0 Å². The topological polar surface area (TPSA) is 9.23 Å². The van der Waals surface area contributed by atoms with Crippen LogP contribution in [-0.2, 0) is 0 Å². The Morgan fingerprint density at radius 2 is 2.00 bits per heavy atom. The van der Waals surface area contributed by atoms with Gasteiger partial charge in [-0.1, -0.05) is 32.9 Å². The van der Waals surface area contributed by atoms with Gasteiger partial charge in [-0.25, -0.2) is 0 Å². The molecule has 14 heavy (non-hydrogen) atoms. The molecule has 1 heteroatoms. The van der Waals surface area contributed by atoms with E-state index in [0.29, 0.717) is 5.92 Å². The van der Waals surface area contributed by atoms with Crippen molar-refractivity contribution in [3.63, 3.8) is 0 Å². The van der Waals surface area contributed by atoms with E-state index >= 15 is 0 Å². The summed E-state index contributed by atoms with van der Waals surface area (Å²) in [6.07, 6.45) is 1.06. The number of hydrogen-bond acceptors (Lipinski definition) is 1. The molecule has 0 saturated heterocycles. The van der Waals surface area contributed by atoms with E-state index in [0.717, 1.165) is 18.8 Å². The molecule has 0 aromatic heterocycles. The summed E-state index contributed by atoms with van der Waals surface area (Å²) in [4.78, 5) is 0. The summed E-state index contributed by atoms with van der Waals surface area (Å²) in [6.45, 7) is 9.46. The quantitative estimate of drug-likeness (QED) is 0.703. The van der Waals surface area contributed by atoms with E-state index in [1.165, 1.54) is 11.1 Å². The van der Waals surface area contributed by atoms with Crippen LogP contribution >= 0.6 is 0 Å². The average Bonchev–Trinajstić information content (AvgIpc) is 2.15. The first-order valence-electron chi connectivity index (χ1n) is 5.38. The molecular weight excluding hydrogens is 172 g/mol. The first-order valence-corrected chi connectivity index (χ1v) is 5.38. The second kappa shape index (κ2) is 5.04. The highest BCUT2D eigenvalue weighted by atomic mass is 16.5. The molecule has 1 aromatic rings. The second-order valence-electron chi connectivity index (χ2n) is 4.03.